The van der Waals surface area contributed by atoms with Crippen LogP contribution in [0.4, 0.5) is 0 Å². The van der Waals surface area contributed by atoms with Crippen molar-refractivity contribution in [2.45, 2.75) is 33.1 Å². The molecule has 0 aromatic rings. The van der Waals surface area contributed by atoms with Gasteiger partial charge in [-0.15, -0.1) is 0 Å². The highest BCUT2D eigenvalue weighted by atomic mass is 32.2. The van der Waals surface area contributed by atoms with Gasteiger partial charge in [0.25, 0.3) is 0 Å². The maximum atomic E-state index is 11.9. The van der Waals surface area contributed by atoms with Crippen LogP contribution >= 0.6 is 0 Å². The van der Waals surface area contributed by atoms with Gasteiger partial charge in [0.05, 0.1) is 0 Å². The van der Waals surface area contributed by atoms with E-state index in [4.69, 9.17) is 0 Å². The lowest BCUT2D eigenvalue weighted by atomic mass is 9.85. The van der Waals surface area contributed by atoms with Crippen LogP contribution in [0.15, 0.2) is 11.9 Å². The fourth-order valence-electron chi connectivity index (χ4n) is 2.09. The third-order valence-corrected chi connectivity index (χ3v) is 5.15. The Balaban J connectivity index is 2.30. The minimum absolute atomic E-state index is 0.249. The first-order chi connectivity index (χ1) is 6.83. The van der Waals surface area contributed by atoms with Crippen LogP contribution in [0.1, 0.15) is 33.1 Å². The molecule has 0 aromatic heterocycles. The molecule has 2 heterocycles. The van der Waals surface area contributed by atoms with E-state index < -0.39 is 10.2 Å². The maximum absolute atomic E-state index is 11.9. The molecule has 0 bridgehead atoms. The van der Waals surface area contributed by atoms with Crippen LogP contribution in [0.25, 0.3) is 0 Å². The van der Waals surface area contributed by atoms with Crippen molar-refractivity contribution in [3.8, 4) is 0 Å². The second-order valence-electron chi connectivity index (χ2n) is 5.13. The zero-order chi connectivity index (χ0) is 11.3. The zero-order valence-electron chi connectivity index (χ0n) is 9.52. The monoisotopic (exact) mass is 230 g/mol. The van der Waals surface area contributed by atoms with Crippen molar-refractivity contribution in [3.63, 3.8) is 0 Å². The third kappa shape index (κ3) is 1.73. The molecule has 15 heavy (non-hydrogen) atoms. The summed E-state index contributed by atoms with van der Waals surface area (Å²) in [6.07, 6.45) is 4.59. The summed E-state index contributed by atoms with van der Waals surface area (Å²) in [6, 6.07) is 0. The molecular formula is C10H18N2O2S. The largest absolute Gasteiger partial charge is 0.325 e. The van der Waals surface area contributed by atoms with Gasteiger partial charge in [0.15, 0.2) is 0 Å². The lowest BCUT2D eigenvalue weighted by molar-refractivity contribution is 0.313. The number of allylic oxidation sites excluding steroid dienone is 1. The minimum atomic E-state index is -3.23. The van der Waals surface area contributed by atoms with Crippen molar-refractivity contribution in [1.82, 2.24) is 8.61 Å². The van der Waals surface area contributed by atoms with Gasteiger partial charge in [-0.3, -0.25) is 8.61 Å². The van der Waals surface area contributed by atoms with Gasteiger partial charge in [0.1, 0.15) is 0 Å². The number of hydrogen-bond donors (Lipinski definition) is 0. The predicted molar refractivity (Wildman–Crippen MR) is 59.1 cm³/mol. The molecule has 0 atom stereocenters. The van der Waals surface area contributed by atoms with Gasteiger partial charge in [0, 0.05) is 25.5 Å². The van der Waals surface area contributed by atoms with Gasteiger partial charge in [-0.1, -0.05) is 13.8 Å². The lowest BCUT2D eigenvalue weighted by Crippen LogP contribution is -2.33. The molecule has 0 unspecified atom stereocenters. The molecule has 0 N–H and O–H groups in total. The summed E-state index contributed by atoms with van der Waals surface area (Å²) in [5, 5.41) is 0. The highest BCUT2D eigenvalue weighted by molar-refractivity contribution is 7.87. The van der Waals surface area contributed by atoms with Gasteiger partial charge in [-0.05, 0) is 24.7 Å². The summed E-state index contributed by atoms with van der Waals surface area (Å²) in [5.41, 5.74) is 1.20. The van der Waals surface area contributed by atoms with Crippen molar-refractivity contribution in [1.29, 1.82) is 0 Å². The smallest absolute Gasteiger partial charge is 0.262 e. The fraction of sp³-hybridized carbons (Fsp3) is 0.800. The molecule has 2 rings (SSSR count). The van der Waals surface area contributed by atoms with E-state index >= 15 is 0 Å². The second-order valence-corrected chi connectivity index (χ2v) is 7.04. The molecule has 0 aliphatic carbocycles. The molecular weight excluding hydrogens is 212 g/mol. The second kappa shape index (κ2) is 3.14. The predicted octanol–water partition coefficient (Wildman–Crippen LogP) is 1.53. The average Bonchev–Trinajstić information content (AvgIpc) is 2.26. The van der Waals surface area contributed by atoms with Crippen LogP contribution in [0.3, 0.4) is 0 Å². The van der Waals surface area contributed by atoms with E-state index in [9.17, 15) is 8.42 Å². The fourth-order valence-corrected chi connectivity index (χ4v) is 3.41. The highest BCUT2D eigenvalue weighted by Crippen LogP contribution is 2.37. The Morgan fingerprint density at radius 2 is 2.00 bits per heavy atom. The summed E-state index contributed by atoms with van der Waals surface area (Å²) in [7, 11) is -1.63. The van der Waals surface area contributed by atoms with Crippen molar-refractivity contribution in [2.75, 3.05) is 13.6 Å². The van der Waals surface area contributed by atoms with E-state index in [0.29, 0.717) is 6.54 Å². The van der Waals surface area contributed by atoms with Crippen LogP contribution in [0.2, 0.25) is 0 Å². The Labute approximate surface area is 91.7 Å². The first-order valence-electron chi connectivity index (χ1n) is 5.29. The van der Waals surface area contributed by atoms with Crippen molar-refractivity contribution in [2.24, 2.45) is 5.41 Å². The van der Waals surface area contributed by atoms with Crippen molar-refractivity contribution < 1.29 is 8.42 Å². The van der Waals surface area contributed by atoms with Gasteiger partial charge in [-0.25, -0.2) is 0 Å². The van der Waals surface area contributed by atoms with Gasteiger partial charge >= 0.3 is 10.2 Å². The summed E-state index contributed by atoms with van der Waals surface area (Å²) in [6.45, 7) is 5.02. The van der Waals surface area contributed by atoms with E-state index in [1.54, 1.807) is 17.6 Å². The Bertz CT molecular complexity index is 398. The normalized spacial score (nSPS) is 28.3. The van der Waals surface area contributed by atoms with E-state index in [1.165, 1.54) is 4.31 Å². The van der Waals surface area contributed by atoms with Crippen LogP contribution in [0.5, 0.6) is 0 Å². The molecule has 5 heteroatoms. The Morgan fingerprint density at radius 1 is 1.33 bits per heavy atom. The molecule has 0 radical (unpaired) electrons. The van der Waals surface area contributed by atoms with E-state index in [-0.39, 0.29) is 5.41 Å². The molecule has 0 saturated carbocycles. The Kier molecular flexibility index (Phi) is 2.26. The topological polar surface area (TPSA) is 40.6 Å². The zero-order valence-corrected chi connectivity index (χ0v) is 10.3. The first-order valence-corrected chi connectivity index (χ1v) is 6.69. The quantitative estimate of drug-likeness (QED) is 0.633. The van der Waals surface area contributed by atoms with Crippen LogP contribution < -0.4 is 0 Å². The molecule has 0 amide bonds. The number of nitrogens with zero attached hydrogens (tertiary/aromatic N) is 2. The molecule has 0 spiro atoms. The molecule has 1 saturated heterocycles. The SMILES string of the molecule is CN1C=C2CCC(C)(C)CCN2S1(=O)=O. The lowest BCUT2D eigenvalue weighted by Gasteiger charge is -2.23. The molecule has 2 aliphatic rings. The molecule has 1 fully saturated rings. The number of rotatable bonds is 0. The van der Waals surface area contributed by atoms with Crippen LogP contribution in [-0.4, -0.2) is 30.6 Å². The molecule has 0 aromatic carbocycles. The van der Waals surface area contributed by atoms with E-state index in [2.05, 4.69) is 13.8 Å². The maximum Gasteiger partial charge on any atom is 0.325 e. The van der Waals surface area contributed by atoms with Crippen LogP contribution in [0, 0.1) is 5.41 Å². The molecule has 86 valence electrons. The van der Waals surface area contributed by atoms with Gasteiger partial charge < -0.3 is 0 Å². The summed E-state index contributed by atoms with van der Waals surface area (Å²) in [4.78, 5) is 0. The Hall–Kier alpha value is -0.710. The Morgan fingerprint density at radius 3 is 2.67 bits per heavy atom. The molecule has 4 nitrogen and oxygen atoms in total. The number of hydrogen-bond acceptors (Lipinski definition) is 2. The first kappa shape index (κ1) is 10.8. The highest BCUT2D eigenvalue weighted by Gasteiger charge is 2.37. The average molecular weight is 230 g/mol. The minimum Gasteiger partial charge on any atom is -0.262 e. The third-order valence-electron chi connectivity index (χ3n) is 3.34. The van der Waals surface area contributed by atoms with Crippen molar-refractivity contribution in [3.05, 3.63) is 11.9 Å². The van der Waals surface area contributed by atoms with E-state index in [0.717, 1.165) is 25.0 Å². The number of fused-ring (bicyclic) bond motifs is 1. The summed E-state index contributed by atoms with van der Waals surface area (Å²) in [5.74, 6) is 0. The van der Waals surface area contributed by atoms with Gasteiger partial charge in [0.2, 0.25) is 0 Å². The molecule has 2 aliphatic heterocycles. The van der Waals surface area contributed by atoms with Gasteiger partial charge in [-0.2, -0.15) is 8.42 Å². The standard InChI is InChI=1S/C10H18N2O2S/c1-10(2)5-4-9-8-11(3)15(13,14)12(9)7-6-10/h8H,4-7H2,1-3H3. The van der Waals surface area contributed by atoms with Crippen molar-refractivity contribution >= 4 is 10.2 Å². The summed E-state index contributed by atoms with van der Waals surface area (Å²) >= 11 is 0. The van der Waals surface area contributed by atoms with E-state index in [1.807, 2.05) is 0 Å². The van der Waals surface area contributed by atoms with Crippen LogP contribution in [-0.2, 0) is 10.2 Å². The summed E-state index contributed by atoms with van der Waals surface area (Å²) < 4.78 is 26.7.